The number of benzene rings is 1. The summed E-state index contributed by atoms with van der Waals surface area (Å²) < 4.78 is 5.19. The Bertz CT molecular complexity index is 421. The van der Waals surface area contributed by atoms with Crippen LogP contribution < -0.4 is 15.0 Å². The van der Waals surface area contributed by atoms with Crippen molar-refractivity contribution in [3.8, 4) is 5.75 Å². The molecule has 0 saturated carbocycles. The van der Waals surface area contributed by atoms with Crippen LogP contribution in [0.3, 0.4) is 0 Å². The van der Waals surface area contributed by atoms with Crippen LogP contribution in [0.15, 0.2) is 48.8 Å². The van der Waals surface area contributed by atoms with Crippen LogP contribution in [-0.4, -0.2) is 19.7 Å². The molecule has 3 nitrogen and oxygen atoms in total. The van der Waals surface area contributed by atoms with Gasteiger partial charge >= 0.3 is 0 Å². The van der Waals surface area contributed by atoms with Gasteiger partial charge in [-0.15, -0.1) is 0 Å². The van der Waals surface area contributed by atoms with E-state index in [9.17, 15) is 0 Å². The monoisotopic (exact) mass is 260 g/mol. The van der Waals surface area contributed by atoms with Gasteiger partial charge in [0, 0.05) is 17.4 Å². The van der Waals surface area contributed by atoms with Gasteiger partial charge in [0.05, 0.1) is 13.7 Å². The average molecular weight is 260 g/mol. The Balaban J connectivity index is 2.90. The summed E-state index contributed by atoms with van der Waals surface area (Å²) in [4.78, 5) is 2.32. The van der Waals surface area contributed by atoms with Gasteiger partial charge in [-0.05, 0) is 51.2 Å². The molecule has 0 aliphatic carbocycles. The van der Waals surface area contributed by atoms with Crippen LogP contribution >= 0.6 is 0 Å². The molecule has 0 spiro atoms. The van der Waals surface area contributed by atoms with E-state index in [4.69, 9.17) is 4.74 Å². The van der Waals surface area contributed by atoms with Crippen LogP contribution in [-0.2, 0) is 0 Å². The van der Waals surface area contributed by atoms with Crippen LogP contribution in [0.5, 0.6) is 5.75 Å². The van der Waals surface area contributed by atoms with Crippen LogP contribution in [0.2, 0.25) is 0 Å². The van der Waals surface area contributed by atoms with Crippen molar-refractivity contribution < 1.29 is 4.74 Å². The zero-order valence-corrected chi connectivity index (χ0v) is 12.3. The summed E-state index contributed by atoms with van der Waals surface area (Å²) in [5.41, 5.74) is 2.32. The normalized spacial score (nSPS) is 11.3. The molecule has 0 amide bonds. The summed E-state index contributed by atoms with van der Waals surface area (Å²) in [7, 11) is 1.68. The summed E-state index contributed by atoms with van der Waals surface area (Å²) in [6, 6.07) is 8.55. The van der Waals surface area contributed by atoms with E-state index in [-0.39, 0.29) is 0 Å². The van der Waals surface area contributed by atoms with E-state index in [1.807, 2.05) is 19.1 Å². The van der Waals surface area contributed by atoms with Gasteiger partial charge in [0.2, 0.25) is 0 Å². The Kier molecular flexibility index (Phi) is 6.00. The number of nitrogens with one attached hydrogen (secondary N) is 1. The van der Waals surface area contributed by atoms with Crippen molar-refractivity contribution in [3.05, 3.63) is 48.8 Å². The van der Waals surface area contributed by atoms with Gasteiger partial charge in [-0.1, -0.05) is 12.7 Å². The second-order valence-corrected chi connectivity index (χ2v) is 4.58. The third-order valence-corrected chi connectivity index (χ3v) is 3.00. The van der Waals surface area contributed by atoms with Crippen molar-refractivity contribution in [1.82, 2.24) is 5.32 Å². The highest BCUT2D eigenvalue weighted by Crippen LogP contribution is 2.21. The van der Waals surface area contributed by atoms with E-state index in [1.54, 1.807) is 13.3 Å². The molecule has 0 aliphatic rings. The van der Waals surface area contributed by atoms with Crippen LogP contribution in [0, 0.1) is 0 Å². The Morgan fingerprint density at radius 3 is 2.42 bits per heavy atom. The fourth-order valence-corrected chi connectivity index (χ4v) is 1.88. The number of allylic oxidation sites excluding steroid dienone is 1. The maximum Gasteiger partial charge on any atom is 0.119 e. The van der Waals surface area contributed by atoms with Gasteiger partial charge in [0.15, 0.2) is 0 Å². The minimum Gasteiger partial charge on any atom is -0.497 e. The highest BCUT2D eigenvalue weighted by atomic mass is 16.5. The number of anilines is 1. The minimum atomic E-state index is 0.412. The SMILES string of the molecule is C=CN/C(=C\C)CN(c1ccc(OC)cc1)C(C)C. The molecule has 0 saturated heterocycles. The van der Waals surface area contributed by atoms with Gasteiger partial charge < -0.3 is 15.0 Å². The Labute approximate surface area is 116 Å². The largest absolute Gasteiger partial charge is 0.497 e. The number of hydrogen-bond donors (Lipinski definition) is 1. The van der Waals surface area contributed by atoms with Gasteiger partial charge in [-0.3, -0.25) is 0 Å². The lowest BCUT2D eigenvalue weighted by Crippen LogP contribution is -2.34. The summed E-state index contributed by atoms with van der Waals surface area (Å²) in [5.74, 6) is 0.878. The standard InChI is InChI=1S/C16H24N2O/c1-6-14(17-7-2)12-18(13(3)4)15-8-10-16(19-5)11-9-15/h6-11,13,17H,2,12H2,1,3-5H3/b14-6-. The molecule has 0 aromatic heterocycles. The van der Waals surface area contributed by atoms with Crippen molar-refractivity contribution in [3.63, 3.8) is 0 Å². The van der Waals surface area contributed by atoms with E-state index in [1.165, 1.54) is 5.69 Å². The quantitative estimate of drug-likeness (QED) is 0.811. The zero-order valence-electron chi connectivity index (χ0n) is 12.3. The predicted molar refractivity (Wildman–Crippen MR) is 82.6 cm³/mol. The minimum absolute atomic E-state index is 0.412. The van der Waals surface area contributed by atoms with Crippen molar-refractivity contribution in [2.45, 2.75) is 26.8 Å². The van der Waals surface area contributed by atoms with Gasteiger partial charge in [0.25, 0.3) is 0 Å². The van der Waals surface area contributed by atoms with Gasteiger partial charge in [0.1, 0.15) is 5.75 Å². The van der Waals surface area contributed by atoms with E-state index in [0.29, 0.717) is 6.04 Å². The molecular formula is C16H24N2O. The summed E-state index contributed by atoms with van der Waals surface area (Å²) in [6.07, 6.45) is 3.78. The van der Waals surface area contributed by atoms with Crippen molar-refractivity contribution in [1.29, 1.82) is 0 Å². The molecule has 1 rings (SSSR count). The van der Waals surface area contributed by atoms with Gasteiger partial charge in [-0.2, -0.15) is 0 Å². The molecule has 0 fully saturated rings. The smallest absolute Gasteiger partial charge is 0.119 e. The molecule has 0 bridgehead atoms. The van der Waals surface area contributed by atoms with Crippen molar-refractivity contribution in [2.75, 3.05) is 18.6 Å². The predicted octanol–water partition coefficient (Wildman–Crippen LogP) is 3.55. The number of nitrogens with zero attached hydrogens (tertiary/aromatic N) is 1. The highest BCUT2D eigenvalue weighted by molar-refractivity contribution is 5.50. The first kappa shape index (κ1) is 15.2. The van der Waals surface area contributed by atoms with Crippen LogP contribution in [0.1, 0.15) is 20.8 Å². The molecule has 1 aromatic rings. The topological polar surface area (TPSA) is 24.5 Å². The van der Waals surface area contributed by atoms with E-state index < -0.39 is 0 Å². The molecule has 0 radical (unpaired) electrons. The number of ether oxygens (including phenoxy) is 1. The maximum absolute atomic E-state index is 5.19. The molecule has 0 unspecified atom stereocenters. The van der Waals surface area contributed by atoms with Crippen molar-refractivity contribution in [2.24, 2.45) is 0 Å². The Hall–Kier alpha value is -1.90. The second-order valence-electron chi connectivity index (χ2n) is 4.58. The summed E-state index contributed by atoms with van der Waals surface area (Å²) in [6.45, 7) is 10.9. The van der Waals surface area contributed by atoms with Crippen molar-refractivity contribution >= 4 is 5.69 Å². The molecule has 19 heavy (non-hydrogen) atoms. The zero-order chi connectivity index (χ0) is 14.3. The first-order valence-electron chi connectivity index (χ1n) is 6.55. The molecule has 104 valence electrons. The van der Waals surface area contributed by atoms with Gasteiger partial charge in [-0.25, -0.2) is 0 Å². The average Bonchev–Trinajstić information content (AvgIpc) is 2.43. The molecule has 0 atom stereocenters. The first-order valence-corrected chi connectivity index (χ1v) is 6.55. The summed E-state index contributed by atoms with van der Waals surface area (Å²) in [5, 5.41) is 3.17. The lowest BCUT2D eigenvalue weighted by molar-refractivity contribution is 0.415. The van der Waals surface area contributed by atoms with E-state index in [2.05, 4.69) is 48.9 Å². The lowest BCUT2D eigenvalue weighted by Gasteiger charge is -2.30. The molecule has 0 aliphatic heterocycles. The molecule has 0 heterocycles. The fraction of sp³-hybridized carbons (Fsp3) is 0.375. The molecule has 1 aromatic carbocycles. The number of methoxy groups -OCH3 is 1. The van der Waals surface area contributed by atoms with E-state index in [0.717, 1.165) is 18.0 Å². The second kappa shape index (κ2) is 7.52. The maximum atomic E-state index is 5.19. The van der Waals surface area contributed by atoms with E-state index >= 15 is 0 Å². The highest BCUT2D eigenvalue weighted by Gasteiger charge is 2.12. The third kappa shape index (κ3) is 4.36. The summed E-state index contributed by atoms with van der Waals surface area (Å²) >= 11 is 0. The Morgan fingerprint density at radius 1 is 1.37 bits per heavy atom. The Morgan fingerprint density at radius 2 is 2.00 bits per heavy atom. The third-order valence-electron chi connectivity index (χ3n) is 3.00. The molecule has 1 N–H and O–H groups in total. The molecule has 3 heteroatoms. The van der Waals surface area contributed by atoms with Crippen LogP contribution in [0.4, 0.5) is 5.69 Å². The lowest BCUT2D eigenvalue weighted by atomic mass is 10.2. The fourth-order valence-electron chi connectivity index (χ4n) is 1.88. The van der Waals surface area contributed by atoms with Crippen LogP contribution in [0.25, 0.3) is 0 Å². The number of rotatable bonds is 7. The first-order chi connectivity index (χ1) is 9.12. The molecular weight excluding hydrogens is 236 g/mol. The number of hydrogen-bond acceptors (Lipinski definition) is 3.